The van der Waals surface area contributed by atoms with Crippen molar-refractivity contribution < 1.29 is 42.6 Å². The average molecular weight is 655 g/mol. The lowest BCUT2D eigenvalue weighted by atomic mass is 10.0. The quantitative estimate of drug-likeness (QED) is 0.233. The fraction of sp³-hybridized carbons (Fsp3) is 0.385. The summed E-state index contributed by atoms with van der Waals surface area (Å²) in [5.41, 5.74) is 11.7. The molecule has 0 amide bonds. The zero-order valence-electron chi connectivity index (χ0n) is 27.9. The molecule has 0 unspecified atom stereocenters. The van der Waals surface area contributed by atoms with Gasteiger partial charge in [0.25, 0.3) is 0 Å². The van der Waals surface area contributed by atoms with Crippen molar-refractivity contribution >= 4 is 0 Å². The Morgan fingerprint density at radius 2 is 0.479 bits per heavy atom. The van der Waals surface area contributed by atoms with Crippen molar-refractivity contribution in [1.29, 1.82) is 0 Å². The molecule has 0 fully saturated rings. The highest BCUT2D eigenvalue weighted by atomic mass is 16.5. The van der Waals surface area contributed by atoms with E-state index in [0.717, 1.165) is 84.0 Å². The predicted molar refractivity (Wildman–Crippen MR) is 176 cm³/mol. The normalized spacial score (nSPS) is 16.8. The molecule has 0 saturated carbocycles. The molecule has 0 aromatic heterocycles. The van der Waals surface area contributed by atoms with Gasteiger partial charge in [-0.15, -0.1) is 0 Å². The maximum absolute atomic E-state index is 6.38. The van der Waals surface area contributed by atoms with E-state index in [0.29, 0.717) is 79.3 Å². The van der Waals surface area contributed by atoms with Crippen LogP contribution in [-0.4, -0.2) is 21.3 Å². The summed E-state index contributed by atoms with van der Waals surface area (Å²) in [7, 11) is 5.05. The molecule has 4 aliphatic heterocycles. The van der Waals surface area contributed by atoms with Crippen LogP contribution in [-0.2, 0) is 108 Å². The molecule has 4 aromatic rings. The van der Waals surface area contributed by atoms with Crippen LogP contribution in [0.1, 0.15) is 66.8 Å². The first-order valence-electron chi connectivity index (χ1n) is 16.2. The molecule has 4 aliphatic rings. The van der Waals surface area contributed by atoms with Gasteiger partial charge in [0.1, 0.15) is 17.2 Å². The van der Waals surface area contributed by atoms with Gasteiger partial charge in [0.2, 0.25) is 0 Å². The van der Waals surface area contributed by atoms with E-state index < -0.39 is 0 Å². The highest BCUT2D eigenvalue weighted by molar-refractivity contribution is 5.47. The largest absolute Gasteiger partial charge is 0.496 e. The summed E-state index contributed by atoms with van der Waals surface area (Å²) in [6.07, 6.45) is 0. The second kappa shape index (κ2) is 15.1. The van der Waals surface area contributed by atoms with Crippen LogP contribution < -0.4 is 14.2 Å². The molecule has 0 atom stereocenters. The van der Waals surface area contributed by atoms with Gasteiger partial charge in [0, 0.05) is 33.4 Å². The second-order valence-corrected chi connectivity index (χ2v) is 12.5. The van der Waals surface area contributed by atoms with Gasteiger partial charge >= 0.3 is 0 Å². The van der Waals surface area contributed by atoms with E-state index in [4.69, 9.17) is 42.6 Å². The lowest BCUT2D eigenvalue weighted by Gasteiger charge is -2.21. The number of benzene rings is 4. The monoisotopic (exact) mass is 654 g/mol. The van der Waals surface area contributed by atoms with Gasteiger partial charge in [-0.05, 0) is 69.8 Å². The molecule has 0 spiro atoms. The molecule has 0 aliphatic carbocycles. The molecule has 4 heterocycles. The van der Waals surface area contributed by atoms with Gasteiger partial charge in [-0.3, -0.25) is 0 Å². The molecule has 0 saturated heterocycles. The first-order chi connectivity index (χ1) is 23.6. The third kappa shape index (κ3) is 7.37. The summed E-state index contributed by atoms with van der Waals surface area (Å²) in [5.74, 6) is 2.21. The highest BCUT2D eigenvalue weighted by Gasteiger charge is 2.19. The number of methoxy groups -OCH3 is 3. The summed E-state index contributed by atoms with van der Waals surface area (Å²) in [6.45, 7) is 4.51. The maximum atomic E-state index is 6.38. The molecule has 9 nitrogen and oxygen atoms in total. The smallest absolute Gasteiger partial charge is 0.129 e. The molecule has 12 bridgehead atoms. The van der Waals surface area contributed by atoms with Crippen molar-refractivity contribution in [3.63, 3.8) is 0 Å². The van der Waals surface area contributed by atoms with Crippen LogP contribution in [0.5, 0.6) is 17.2 Å². The van der Waals surface area contributed by atoms with Gasteiger partial charge < -0.3 is 42.6 Å². The third-order valence-corrected chi connectivity index (χ3v) is 8.79. The molecule has 48 heavy (non-hydrogen) atoms. The van der Waals surface area contributed by atoms with Crippen LogP contribution in [0.25, 0.3) is 0 Å². The van der Waals surface area contributed by atoms with Crippen molar-refractivity contribution in [2.75, 3.05) is 21.3 Å². The van der Waals surface area contributed by atoms with Crippen molar-refractivity contribution in [3.8, 4) is 17.2 Å². The number of ether oxygens (including phenoxy) is 9. The third-order valence-electron chi connectivity index (χ3n) is 8.79. The Labute approximate surface area is 281 Å². The van der Waals surface area contributed by atoms with E-state index in [-0.39, 0.29) is 0 Å². The number of fused-ring (bicyclic) bond motifs is 12. The van der Waals surface area contributed by atoms with Crippen LogP contribution in [0.15, 0.2) is 54.6 Å². The SMILES string of the molecule is COc1c2cc3cc1COCc1cc4cc(c1OC)COCc1cc(cc(c1OC)COC2)COCc1cc(cc(c1)COC4)COC3. The minimum absolute atomic E-state index is 0.324. The van der Waals surface area contributed by atoms with E-state index >= 15 is 0 Å². The number of rotatable bonds is 3. The van der Waals surface area contributed by atoms with Gasteiger partial charge in [0.05, 0.1) is 101 Å². The molecule has 0 radical (unpaired) electrons. The van der Waals surface area contributed by atoms with E-state index in [1.807, 2.05) is 0 Å². The zero-order chi connectivity index (χ0) is 32.9. The second-order valence-electron chi connectivity index (χ2n) is 12.5. The summed E-state index contributed by atoms with van der Waals surface area (Å²) in [5, 5.41) is 0. The first-order valence-corrected chi connectivity index (χ1v) is 16.2. The minimum atomic E-state index is 0.324. The molecule has 8 rings (SSSR count). The summed E-state index contributed by atoms with van der Waals surface area (Å²) < 4.78 is 56.0. The topological polar surface area (TPSA) is 83.1 Å². The summed E-state index contributed by atoms with van der Waals surface area (Å²) in [6, 6.07) is 19.0. The van der Waals surface area contributed by atoms with Gasteiger partial charge in [-0.2, -0.15) is 0 Å². The fourth-order valence-electron chi connectivity index (χ4n) is 6.92. The summed E-state index contributed by atoms with van der Waals surface area (Å²) >= 11 is 0. The lowest BCUT2D eigenvalue weighted by Crippen LogP contribution is -2.09. The Hall–Kier alpha value is -3.96. The predicted octanol–water partition coefficient (Wildman–Crippen LogP) is 6.95. The van der Waals surface area contributed by atoms with Crippen molar-refractivity contribution in [2.24, 2.45) is 0 Å². The average Bonchev–Trinajstić information content (AvgIpc) is 3.07. The fourth-order valence-corrected chi connectivity index (χ4v) is 6.92. The van der Waals surface area contributed by atoms with Gasteiger partial charge in [0.15, 0.2) is 0 Å². The van der Waals surface area contributed by atoms with E-state index in [1.165, 1.54) is 0 Å². The summed E-state index contributed by atoms with van der Waals surface area (Å²) in [4.78, 5) is 0. The Morgan fingerprint density at radius 1 is 0.292 bits per heavy atom. The minimum Gasteiger partial charge on any atom is -0.496 e. The van der Waals surface area contributed by atoms with Crippen molar-refractivity contribution in [3.05, 3.63) is 121 Å². The van der Waals surface area contributed by atoms with Crippen LogP contribution in [0.3, 0.4) is 0 Å². The van der Waals surface area contributed by atoms with Gasteiger partial charge in [-0.25, -0.2) is 0 Å². The molecule has 9 heteroatoms. The number of hydrogen-bond acceptors (Lipinski definition) is 9. The lowest BCUT2D eigenvalue weighted by molar-refractivity contribution is 0.0876. The molecule has 4 aromatic carbocycles. The van der Waals surface area contributed by atoms with Gasteiger partial charge in [-0.1, -0.05) is 18.2 Å². The Balaban J connectivity index is 1.43. The van der Waals surface area contributed by atoms with Crippen LogP contribution in [0.2, 0.25) is 0 Å². The Morgan fingerprint density at radius 3 is 0.688 bits per heavy atom. The standard InChI is InChI=1S/C39H42O9/c1-40-37-31-7-28-8-32(37)20-47-22-34-10-30-12-36(39(34)42-3)24-48-23-35-11-29(9-33(21-46-19-31)38(35)41-2)17-44-14-26-4-25(13-43-16-28)5-27(6-26)15-45-18-30/h4-12H,13-24H2,1-3H3. The Kier molecular flexibility index (Phi) is 10.2. The Bertz CT molecular complexity index is 1470. The van der Waals surface area contributed by atoms with Crippen molar-refractivity contribution in [2.45, 2.75) is 79.3 Å². The van der Waals surface area contributed by atoms with Crippen LogP contribution in [0.4, 0.5) is 0 Å². The van der Waals surface area contributed by atoms with Crippen LogP contribution in [0, 0.1) is 0 Å². The maximum Gasteiger partial charge on any atom is 0.129 e. The molecule has 0 N–H and O–H groups in total. The van der Waals surface area contributed by atoms with E-state index in [2.05, 4.69) is 54.6 Å². The first kappa shape index (κ1) is 32.6. The highest BCUT2D eigenvalue weighted by Crippen LogP contribution is 2.34. The van der Waals surface area contributed by atoms with Crippen molar-refractivity contribution in [1.82, 2.24) is 0 Å². The van der Waals surface area contributed by atoms with E-state index in [9.17, 15) is 0 Å². The molecule has 252 valence electrons. The number of hydrogen-bond donors (Lipinski definition) is 0. The molecular formula is C39H42O9. The molecular weight excluding hydrogens is 612 g/mol. The zero-order valence-corrected chi connectivity index (χ0v) is 27.9. The van der Waals surface area contributed by atoms with Crippen LogP contribution >= 0.6 is 0 Å². The van der Waals surface area contributed by atoms with E-state index in [1.54, 1.807) is 21.3 Å².